The van der Waals surface area contributed by atoms with Gasteiger partial charge in [-0.05, 0) is 25.0 Å². The lowest BCUT2D eigenvalue weighted by Crippen LogP contribution is -2.36. The van der Waals surface area contributed by atoms with Crippen molar-refractivity contribution in [1.82, 2.24) is 0 Å². The number of hydrogen-bond donors (Lipinski definition) is 2. The molecule has 112 valence electrons. The fourth-order valence-electron chi connectivity index (χ4n) is 2.78. The fraction of sp³-hybridized carbons (Fsp3) is 0.625. The van der Waals surface area contributed by atoms with Crippen LogP contribution in [-0.2, 0) is 0 Å². The van der Waals surface area contributed by atoms with Gasteiger partial charge >= 0.3 is 0 Å². The lowest BCUT2D eigenvalue weighted by Gasteiger charge is -2.27. The summed E-state index contributed by atoms with van der Waals surface area (Å²) in [6, 6.07) is 5.72. The molecular weight excluding hydrogens is 254 g/mol. The summed E-state index contributed by atoms with van der Waals surface area (Å²) in [5, 5.41) is 13.9. The topological polar surface area (TPSA) is 50.7 Å². The predicted molar refractivity (Wildman–Crippen MR) is 80.7 cm³/mol. The van der Waals surface area contributed by atoms with Gasteiger partial charge < -0.3 is 19.9 Å². The van der Waals surface area contributed by atoms with Crippen molar-refractivity contribution >= 4 is 5.69 Å². The van der Waals surface area contributed by atoms with Gasteiger partial charge in [0, 0.05) is 18.3 Å². The number of rotatable bonds is 5. The maximum Gasteiger partial charge on any atom is 0.162 e. The number of nitrogens with one attached hydrogen (secondary N) is 1. The third-order valence-corrected chi connectivity index (χ3v) is 4.04. The zero-order valence-electron chi connectivity index (χ0n) is 12.4. The lowest BCUT2D eigenvalue weighted by molar-refractivity contribution is 0.0381. The Morgan fingerprint density at radius 1 is 1.05 bits per heavy atom. The molecular formula is C16H25NO3. The van der Waals surface area contributed by atoms with E-state index in [0.717, 1.165) is 31.4 Å². The van der Waals surface area contributed by atoms with Crippen molar-refractivity contribution in [3.63, 3.8) is 0 Å². The summed E-state index contributed by atoms with van der Waals surface area (Å²) in [4.78, 5) is 0. The van der Waals surface area contributed by atoms with Gasteiger partial charge in [0.15, 0.2) is 11.5 Å². The van der Waals surface area contributed by atoms with Gasteiger partial charge in [-0.15, -0.1) is 0 Å². The molecule has 1 aliphatic carbocycles. The number of hydrogen-bond acceptors (Lipinski definition) is 4. The van der Waals surface area contributed by atoms with Gasteiger partial charge in [-0.2, -0.15) is 0 Å². The Kier molecular flexibility index (Phi) is 5.12. The van der Waals surface area contributed by atoms with E-state index in [9.17, 15) is 5.11 Å². The minimum Gasteiger partial charge on any atom is -0.493 e. The van der Waals surface area contributed by atoms with E-state index in [4.69, 9.17) is 9.47 Å². The molecule has 1 fully saturated rings. The van der Waals surface area contributed by atoms with E-state index >= 15 is 0 Å². The molecule has 4 nitrogen and oxygen atoms in total. The number of anilines is 1. The fourth-order valence-corrected chi connectivity index (χ4v) is 2.78. The summed E-state index contributed by atoms with van der Waals surface area (Å²) in [6.45, 7) is 0.586. The van der Waals surface area contributed by atoms with Crippen molar-refractivity contribution in [3.05, 3.63) is 18.2 Å². The molecule has 1 aromatic carbocycles. The Morgan fingerprint density at radius 3 is 2.30 bits per heavy atom. The monoisotopic (exact) mass is 279 g/mol. The Balaban J connectivity index is 1.99. The van der Waals surface area contributed by atoms with Crippen LogP contribution in [0, 0.1) is 0 Å². The van der Waals surface area contributed by atoms with Crippen LogP contribution < -0.4 is 14.8 Å². The highest BCUT2D eigenvalue weighted by Gasteiger charge is 2.27. The molecule has 0 amide bonds. The van der Waals surface area contributed by atoms with Crippen LogP contribution in [0.1, 0.15) is 38.5 Å². The van der Waals surface area contributed by atoms with Crippen LogP contribution >= 0.6 is 0 Å². The third kappa shape index (κ3) is 3.79. The first-order chi connectivity index (χ1) is 9.67. The van der Waals surface area contributed by atoms with E-state index in [2.05, 4.69) is 5.32 Å². The molecule has 0 bridgehead atoms. The second-order valence-corrected chi connectivity index (χ2v) is 5.56. The number of benzene rings is 1. The highest BCUT2D eigenvalue weighted by Crippen LogP contribution is 2.31. The van der Waals surface area contributed by atoms with E-state index < -0.39 is 5.60 Å². The van der Waals surface area contributed by atoms with Crippen molar-refractivity contribution < 1.29 is 14.6 Å². The summed E-state index contributed by atoms with van der Waals surface area (Å²) in [5.41, 5.74) is 0.365. The van der Waals surface area contributed by atoms with Crippen LogP contribution in [0.25, 0.3) is 0 Å². The quantitative estimate of drug-likeness (QED) is 0.813. The van der Waals surface area contributed by atoms with Crippen LogP contribution in [0.4, 0.5) is 5.69 Å². The van der Waals surface area contributed by atoms with E-state index in [-0.39, 0.29) is 0 Å². The number of aliphatic hydroxyl groups is 1. The molecule has 2 N–H and O–H groups in total. The maximum atomic E-state index is 10.6. The van der Waals surface area contributed by atoms with Crippen molar-refractivity contribution in [3.8, 4) is 11.5 Å². The largest absolute Gasteiger partial charge is 0.493 e. The van der Waals surface area contributed by atoms with E-state index in [1.165, 1.54) is 12.8 Å². The van der Waals surface area contributed by atoms with Crippen molar-refractivity contribution in [2.45, 2.75) is 44.1 Å². The van der Waals surface area contributed by atoms with Gasteiger partial charge in [-0.1, -0.05) is 25.7 Å². The molecule has 0 aromatic heterocycles. The van der Waals surface area contributed by atoms with E-state index in [0.29, 0.717) is 18.0 Å². The first-order valence-electron chi connectivity index (χ1n) is 7.35. The summed E-state index contributed by atoms with van der Waals surface area (Å²) >= 11 is 0. The number of ether oxygens (including phenoxy) is 2. The molecule has 0 radical (unpaired) electrons. The average molecular weight is 279 g/mol. The molecule has 1 aromatic rings. The number of methoxy groups -OCH3 is 2. The molecule has 0 saturated heterocycles. The summed E-state index contributed by atoms with van der Waals surface area (Å²) in [5.74, 6) is 1.41. The first kappa shape index (κ1) is 15.0. The SMILES string of the molecule is COc1ccc(NCC2(O)CCCCCC2)cc1OC. The first-order valence-corrected chi connectivity index (χ1v) is 7.35. The predicted octanol–water partition coefficient (Wildman–Crippen LogP) is 3.20. The average Bonchev–Trinajstić information content (AvgIpc) is 2.70. The van der Waals surface area contributed by atoms with Crippen LogP contribution in [0.15, 0.2) is 18.2 Å². The minimum atomic E-state index is -0.580. The van der Waals surface area contributed by atoms with Gasteiger partial charge in [0.1, 0.15) is 0 Å². The summed E-state index contributed by atoms with van der Waals surface area (Å²) in [6.07, 6.45) is 6.46. The van der Waals surface area contributed by atoms with Gasteiger partial charge in [-0.25, -0.2) is 0 Å². The Morgan fingerprint density at radius 2 is 1.70 bits per heavy atom. The minimum absolute atomic E-state index is 0.580. The molecule has 0 unspecified atom stereocenters. The second-order valence-electron chi connectivity index (χ2n) is 5.56. The zero-order chi connectivity index (χ0) is 14.4. The normalized spacial score (nSPS) is 18.1. The second kappa shape index (κ2) is 6.84. The Hall–Kier alpha value is -1.42. The molecule has 0 heterocycles. The zero-order valence-corrected chi connectivity index (χ0v) is 12.4. The van der Waals surface area contributed by atoms with E-state index in [1.807, 2.05) is 18.2 Å². The van der Waals surface area contributed by atoms with Crippen LogP contribution in [-0.4, -0.2) is 31.5 Å². The van der Waals surface area contributed by atoms with Crippen molar-refractivity contribution in [1.29, 1.82) is 0 Å². The molecule has 1 saturated carbocycles. The molecule has 0 spiro atoms. The molecule has 4 heteroatoms. The molecule has 1 aliphatic rings. The molecule has 20 heavy (non-hydrogen) atoms. The highest BCUT2D eigenvalue weighted by atomic mass is 16.5. The summed E-state index contributed by atoms with van der Waals surface area (Å²) < 4.78 is 10.5. The van der Waals surface area contributed by atoms with Gasteiger partial charge in [0.05, 0.1) is 19.8 Å². The Labute approximate surface area is 121 Å². The third-order valence-electron chi connectivity index (χ3n) is 4.04. The van der Waals surface area contributed by atoms with Gasteiger partial charge in [0.2, 0.25) is 0 Å². The molecule has 2 rings (SSSR count). The van der Waals surface area contributed by atoms with Crippen LogP contribution in [0.5, 0.6) is 11.5 Å². The lowest BCUT2D eigenvalue weighted by atomic mass is 9.94. The molecule has 0 aliphatic heterocycles. The Bertz CT molecular complexity index is 426. The maximum absolute atomic E-state index is 10.6. The van der Waals surface area contributed by atoms with Crippen LogP contribution in [0.3, 0.4) is 0 Å². The van der Waals surface area contributed by atoms with Crippen molar-refractivity contribution in [2.75, 3.05) is 26.1 Å². The van der Waals surface area contributed by atoms with Crippen LogP contribution in [0.2, 0.25) is 0 Å². The van der Waals surface area contributed by atoms with Gasteiger partial charge in [0.25, 0.3) is 0 Å². The highest BCUT2D eigenvalue weighted by molar-refractivity contribution is 5.54. The van der Waals surface area contributed by atoms with E-state index in [1.54, 1.807) is 14.2 Å². The molecule has 0 atom stereocenters. The van der Waals surface area contributed by atoms with Gasteiger partial charge in [-0.3, -0.25) is 0 Å². The smallest absolute Gasteiger partial charge is 0.162 e. The standard InChI is InChI=1S/C16H25NO3/c1-19-14-8-7-13(11-15(14)20-2)17-12-16(18)9-5-3-4-6-10-16/h7-8,11,17-18H,3-6,9-10,12H2,1-2H3. The van der Waals surface area contributed by atoms with Crippen molar-refractivity contribution in [2.24, 2.45) is 0 Å². The summed E-state index contributed by atoms with van der Waals surface area (Å²) in [7, 11) is 3.25.